The van der Waals surface area contributed by atoms with E-state index in [0.717, 1.165) is 48.5 Å². The first-order valence-corrected chi connectivity index (χ1v) is 8.13. The number of pyridine rings is 1. The van der Waals surface area contributed by atoms with E-state index in [1.165, 1.54) is 5.56 Å². The lowest BCUT2D eigenvalue weighted by Gasteiger charge is -2.36. The van der Waals surface area contributed by atoms with Crippen molar-refractivity contribution in [1.82, 2.24) is 9.88 Å². The number of benzene rings is 1. The normalized spacial score (nSPS) is 16.7. The van der Waals surface area contributed by atoms with Crippen LogP contribution in [0.15, 0.2) is 24.3 Å². The molecular formula is C18H24N4O. The maximum Gasteiger partial charge on any atom is 0.219 e. The van der Waals surface area contributed by atoms with Crippen LogP contribution in [0, 0.1) is 6.92 Å². The highest BCUT2D eigenvalue weighted by Gasteiger charge is 2.23. The number of hydrogen-bond donors (Lipinski definition) is 1. The summed E-state index contributed by atoms with van der Waals surface area (Å²) in [6.07, 6.45) is 0. The van der Waals surface area contributed by atoms with E-state index in [-0.39, 0.29) is 11.9 Å². The average molecular weight is 312 g/mol. The van der Waals surface area contributed by atoms with Gasteiger partial charge in [-0.05, 0) is 25.5 Å². The lowest BCUT2D eigenvalue weighted by Crippen LogP contribution is -2.48. The maximum atomic E-state index is 11.5. The third-order valence-electron chi connectivity index (χ3n) is 4.57. The Balaban J connectivity index is 2.00. The van der Waals surface area contributed by atoms with Crippen molar-refractivity contribution in [3.8, 4) is 0 Å². The zero-order valence-corrected chi connectivity index (χ0v) is 14.0. The second-order valence-corrected chi connectivity index (χ2v) is 6.33. The van der Waals surface area contributed by atoms with Crippen molar-refractivity contribution in [1.29, 1.82) is 0 Å². The number of fused-ring (bicyclic) bond motifs is 1. The van der Waals surface area contributed by atoms with Gasteiger partial charge in [0.05, 0.1) is 5.52 Å². The smallest absolute Gasteiger partial charge is 0.219 e. The Morgan fingerprint density at radius 1 is 1.26 bits per heavy atom. The topological polar surface area (TPSA) is 62.5 Å². The highest BCUT2D eigenvalue weighted by atomic mass is 16.2. The molecule has 1 unspecified atom stereocenters. The Labute approximate surface area is 137 Å². The molecule has 1 saturated heterocycles. The molecule has 0 saturated carbocycles. The number of anilines is 1. The van der Waals surface area contributed by atoms with Crippen LogP contribution in [-0.2, 0) is 4.79 Å². The fourth-order valence-corrected chi connectivity index (χ4v) is 3.17. The van der Waals surface area contributed by atoms with E-state index in [4.69, 9.17) is 10.7 Å². The number of carbonyl (C=O) groups excluding carboxylic acids is 1. The van der Waals surface area contributed by atoms with Gasteiger partial charge < -0.3 is 15.5 Å². The van der Waals surface area contributed by atoms with E-state index < -0.39 is 0 Å². The molecule has 0 aliphatic carbocycles. The summed E-state index contributed by atoms with van der Waals surface area (Å²) in [5, 5.41) is 1.13. The van der Waals surface area contributed by atoms with Gasteiger partial charge in [-0.15, -0.1) is 0 Å². The average Bonchev–Trinajstić information content (AvgIpc) is 2.54. The lowest BCUT2D eigenvalue weighted by atomic mass is 10.0. The SMILES string of the molecule is CC(=O)N1CCN(c2nc3c(C)cccc3cc2C(C)N)CC1. The molecule has 122 valence electrons. The first-order valence-electron chi connectivity index (χ1n) is 8.13. The highest BCUT2D eigenvalue weighted by Crippen LogP contribution is 2.29. The summed E-state index contributed by atoms with van der Waals surface area (Å²) in [4.78, 5) is 20.6. The van der Waals surface area contributed by atoms with Crippen LogP contribution in [0.4, 0.5) is 5.82 Å². The predicted octanol–water partition coefficient (Wildman–Crippen LogP) is 2.23. The molecule has 0 bridgehead atoms. The van der Waals surface area contributed by atoms with Crippen LogP contribution in [0.2, 0.25) is 0 Å². The van der Waals surface area contributed by atoms with Gasteiger partial charge in [0.2, 0.25) is 5.91 Å². The molecular weight excluding hydrogens is 288 g/mol. The predicted molar refractivity (Wildman–Crippen MR) is 93.5 cm³/mol. The van der Waals surface area contributed by atoms with Crippen molar-refractivity contribution < 1.29 is 4.79 Å². The summed E-state index contributed by atoms with van der Waals surface area (Å²) in [5.74, 6) is 1.10. The third kappa shape index (κ3) is 3.01. The standard InChI is InChI=1S/C18H24N4O/c1-12-5-4-6-15-11-16(13(2)19)18(20-17(12)15)22-9-7-21(8-10-22)14(3)23/h4-6,11,13H,7-10,19H2,1-3H3. The van der Waals surface area contributed by atoms with Crippen LogP contribution in [0.25, 0.3) is 10.9 Å². The molecule has 0 radical (unpaired) electrons. The molecule has 1 fully saturated rings. The summed E-state index contributed by atoms with van der Waals surface area (Å²) in [5.41, 5.74) is 9.46. The maximum absolute atomic E-state index is 11.5. The van der Waals surface area contributed by atoms with Crippen LogP contribution in [0.3, 0.4) is 0 Å². The molecule has 1 aliphatic heterocycles. The molecule has 2 aromatic rings. The zero-order chi connectivity index (χ0) is 16.6. The van der Waals surface area contributed by atoms with E-state index in [1.807, 2.05) is 11.8 Å². The number of rotatable bonds is 2. The van der Waals surface area contributed by atoms with Gasteiger partial charge in [-0.1, -0.05) is 18.2 Å². The van der Waals surface area contributed by atoms with Crippen molar-refractivity contribution in [2.75, 3.05) is 31.1 Å². The molecule has 23 heavy (non-hydrogen) atoms. The molecule has 1 aliphatic rings. The van der Waals surface area contributed by atoms with Gasteiger partial charge in [0, 0.05) is 50.1 Å². The number of aromatic nitrogens is 1. The second-order valence-electron chi connectivity index (χ2n) is 6.33. The molecule has 2 heterocycles. The molecule has 0 spiro atoms. The number of nitrogens with two attached hydrogens (primary N) is 1. The van der Waals surface area contributed by atoms with Gasteiger partial charge in [-0.2, -0.15) is 0 Å². The number of amides is 1. The van der Waals surface area contributed by atoms with E-state index in [0.29, 0.717) is 0 Å². The summed E-state index contributed by atoms with van der Waals surface area (Å²) in [6.45, 7) is 8.77. The molecule has 1 aromatic heterocycles. The first kappa shape index (κ1) is 15.7. The van der Waals surface area contributed by atoms with Gasteiger partial charge in [-0.25, -0.2) is 4.98 Å². The molecule has 2 N–H and O–H groups in total. The Bertz CT molecular complexity index is 733. The fraction of sp³-hybridized carbons (Fsp3) is 0.444. The van der Waals surface area contributed by atoms with Crippen LogP contribution in [0.5, 0.6) is 0 Å². The summed E-state index contributed by atoms with van der Waals surface area (Å²) in [6, 6.07) is 8.30. The van der Waals surface area contributed by atoms with Crippen LogP contribution in [-0.4, -0.2) is 42.0 Å². The zero-order valence-electron chi connectivity index (χ0n) is 14.0. The first-order chi connectivity index (χ1) is 11.0. The molecule has 3 rings (SSSR count). The molecule has 5 heteroatoms. The highest BCUT2D eigenvalue weighted by molar-refractivity contribution is 5.85. The third-order valence-corrected chi connectivity index (χ3v) is 4.57. The van der Waals surface area contributed by atoms with Gasteiger partial charge in [0.25, 0.3) is 0 Å². The minimum absolute atomic E-state index is 0.0757. The quantitative estimate of drug-likeness (QED) is 0.924. The largest absolute Gasteiger partial charge is 0.353 e. The van der Waals surface area contributed by atoms with Crippen LogP contribution in [0.1, 0.15) is 31.0 Å². The Morgan fingerprint density at radius 3 is 2.57 bits per heavy atom. The number of aryl methyl sites for hydroxylation is 1. The van der Waals surface area contributed by atoms with Crippen LogP contribution < -0.4 is 10.6 Å². The van der Waals surface area contributed by atoms with Crippen molar-refractivity contribution >= 4 is 22.6 Å². The van der Waals surface area contributed by atoms with Gasteiger partial charge in [0.1, 0.15) is 5.82 Å². The molecule has 1 atom stereocenters. The van der Waals surface area contributed by atoms with Crippen molar-refractivity contribution in [3.63, 3.8) is 0 Å². The molecule has 1 amide bonds. The van der Waals surface area contributed by atoms with E-state index in [9.17, 15) is 4.79 Å². The number of nitrogens with zero attached hydrogens (tertiary/aromatic N) is 3. The second kappa shape index (κ2) is 6.16. The lowest BCUT2D eigenvalue weighted by molar-refractivity contribution is -0.129. The fourth-order valence-electron chi connectivity index (χ4n) is 3.17. The van der Waals surface area contributed by atoms with E-state index >= 15 is 0 Å². The monoisotopic (exact) mass is 312 g/mol. The van der Waals surface area contributed by atoms with E-state index in [2.05, 4.69) is 36.1 Å². The van der Waals surface area contributed by atoms with Crippen molar-refractivity contribution in [3.05, 3.63) is 35.4 Å². The van der Waals surface area contributed by atoms with Crippen molar-refractivity contribution in [2.24, 2.45) is 5.73 Å². The Hall–Kier alpha value is -2.14. The number of piperazine rings is 1. The van der Waals surface area contributed by atoms with Crippen LogP contribution >= 0.6 is 0 Å². The van der Waals surface area contributed by atoms with Gasteiger partial charge >= 0.3 is 0 Å². The minimum atomic E-state index is -0.0757. The summed E-state index contributed by atoms with van der Waals surface area (Å²) in [7, 11) is 0. The Morgan fingerprint density at radius 2 is 1.96 bits per heavy atom. The molecule has 5 nitrogen and oxygen atoms in total. The summed E-state index contributed by atoms with van der Waals surface area (Å²) < 4.78 is 0. The number of carbonyl (C=O) groups is 1. The minimum Gasteiger partial charge on any atom is -0.353 e. The molecule has 1 aromatic carbocycles. The van der Waals surface area contributed by atoms with E-state index in [1.54, 1.807) is 6.92 Å². The number of para-hydroxylation sites is 1. The number of hydrogen-bond acceptors (Lipinski definition) is 4. The summed E-state index contributed by atoms with van der Waals surface area (Å²) >= 11 is 0. The van der Waals surface area contributed by atoms with Gasteiger partial charge in [-0.3, -0.25) is 4.79 Å². The van der Waals surface area contributed by atoms with Crippen molar-refractivity contribution in [2.45, 2.75) is 26.8 Å². The van der Waals surface area contributed by atoms with Gasteiger partial charge in [0.15, 0.2) is 0 Å². The Kier molecular flexibility index (Phi) is 4.22.